The van der Waals surface area contributed by atoms with Gasteiger partial charge in [0.05, 0.1) is 21.2 Å². The molecule has 0 aliphatic carbocycles. The van der Waals surface area contributed by atoms with Crippen LogP contribution in [0.25, 0.3) is 10.2 Å². The lowest BCUT2D eigenvalue weighted by Crippen LogP contribution is -2.23. The number of anilines is 1. The number of nitrogens with zero attached hydrogens (tertiary/aromatic N) is 1. The number of para-hydroxylation sites is 1. The molecule has 0 spiro atoms. The molecule has 7 heteroatoms. The molecule has 3 aromatic rings. The molecule has 0 bridgehead atoms. The van der Waals surface area contributed by atoms with Crippen molar-refractivity contribution in [2.24, 2.45) is 0 Å². The first-order chi connectivity index (χ1) is 11.5. The summed E-state index contributed by atoms with van der Waals surface area (Å²) >= 11 is 6.31. The van der Waals surface area contributed by atoms with Gasteiger partial charge in [-0.1, -0.05) is 28.1 Å². The van der Waals surface area contributed by atoms with E-state index in [1.54, 1.807) is 23.5 Å². The van der Waals surface area contributed by atoms with E-state index in [1.165, 1.54) is 17.8 Å². The van der Waals surface area contributed by atoms with Gasteiger partial charge >= 0.3 is 0 Å². The van der Waals surface area contributed by atoms with E-state index in [2.05, 4.69) is 26.2 Å². The highest BCUT2D eigenvalue weighted by Gasteiger charge is 2.16. The lowest BCUT2D eigenvalue weighted by Gasteiger charge is -2.12. The molecule has 1 unspecified atom stereocenters. The third-order valence-electron chi connectivity index (χ3n) is 3.35. The van der Waals surface area contributed by atoms with Crippen LogP contribution in [0.3, 0.4) is 0 Å². The van der Waals surface area contributed by atoms with Crippen molar-refractivity contribution in [1.29, 1.82) is 0 Å². The second-order valence-electron chi connectivity index (χ2n) is 5.14. The topological polar surface area (TPSA) is 42.0 Å². The first kappa shape index (κ1) is 17.4. The molecule has 3 rings (SSSR count). The van der Waals surface area contributed by atoms with Crippen LogP contribution < -0.4 is 5.32 Å². The van der Waals surface area contributed by atoms with Gasteiger partial charge < -0.3 is 5.32 Å². The number of thioether (sulfide) groups is 1. The zero-order valence-electron chi connectivity index (χ0n) is 12.8. The molecule has 1 atom stereocenters. The van der Waals surface area contributed by atoms with Gasteiger partial charge in [-0.3, -0.25) is 4.79 Å². The smallest absolute Gasteiger partial charge is 0.237 e. The summed E-state index contributed by atoms with van der Waals surface area (Å²) in [4.78, 5) is 16.8. The van der Waals surface area contributed by atoms with E-state index in [1.807, 2.05) is 31.2 Å². The quantitative estimate of drug-likeness (QED) is 0.591. The molecule has 1 amide bonds. The Morgan fingerprint density at radius 3 is 2.92 bits per heavy atom. The van der Waals surface area contributed by atoms with Crippen LogP contribution in [0.2, 0.25) is 0 Å². The van der Waals surface area contributed by atoms with E-state index in [4.69, 9.17) is 0 Å². The number of amides is 1. The number of halogens is 2. The van der Waals surface area contributed by atoms with Crippen molar-refractivity contribution in [3.05, 3.63) is 57.8 Å². The van der Waals surface area contributed by atoms with Gasteiger partial charge in [-0.25, -0.2) is 9.37 Å². The van der Waals surface area contributed by atoms with Gasteiger partial charge in [0.1, 0.15) is 10.8 Å². The van der Waals surface area contributed by atoms with Crippen molar-refractivity contribution >= 4 is 60.8 Å². The number of hydrogen-bond acceptors (Lipinski definition) is 4. The largest absolute Gasteiger partial charge is 0.323 e. The van der Waals surface area contributed by atoms with Crippen LogP contribution in [0.5, 0.6) is 0 Å². The molecule has 24 heavy (non-hydrogen) atoms. The zero-order chi connectivity index (χ0) is 17.1. The number of thiazole rings is 1. The van der Waals surface area contributed by atoms with E-state index in [-0.39, 0.29) is 16.8 Å². The lowest BCUT2D eigenvalue weighted by molar-refractivity contribution is -0.115. The van der Waals surface area contributed by atoms with Gasteiger partial charge in [0, 0.05) is 10.2 Å². The van der Waals surface area contributed by atoms with Crippen LogP contribution in [0.1, 0.15) is 11.9 Å². The monoisotopic (exact) mass is 424 g/mol. The number of aromatic nitrogens is 1. The van der Waals surface area contributed by atoms with E-state index >= 15 is 0 Å². The minimum absolute atomic E-state index is 0.190. The molecule has 2 aromatic carbocycles. The number of nitrogens with one attached hydrogen (secondary N) is 1. The third-order valence-corrected chi connectivity index (χ3v) is 6.22. The second kappa shape index (κ2) is 7.63. The Balaban J connectivity index is 1.59. The molecule has 1 N–H and O–H groups in total. The van der Waals surface area contributed by atoms with Crippen molar-refractivity contribution in [3.8, 4) is 0 Å². The van der Waals surface area contributed by atoms with Crippen molar-refractivity contribution in [2.75, 3.05) is 5.32 Å². The molecule has 0 fully saturated rings. The van der Waals surface area contributed by atoms with Crippen LogP contribution >= 0.6 is 39.0 Å². The normalized spacial score (nSPS) is 12.3. The number of hydrogen-bond donors (Lipinski definition) is 1. The Bertz CT molecular complexity index is 851. The van der Waals surface area contributed by atoms with Crippen LogP contribution in [0.15, 0.2) is 46.9 Å². The van der Waals surface area contributed by atoms with Crippen LogP contribution in [0, 0.1) is 5.82 Å². The molecule has 0 aliphatic rings. The first-order valence-electron chi connectivity index (χ1n) is 7.25. The fraction of sp³-hybridized carbons (Fsp3) is 0.176. The lowest BCUT2D eigenvalue weighted by atomic mass is 10.3. The molecule has 1 heterocycles. The van der Waals surface area contributed by atoms with Crippen LogP contribution in [-0.2, 0) is 10.5 Å². The first-order valence-corrected chi connectivity index (χ1v) is 9.91. The Morgan fingerprint density at radius 2 is 2.17 bits per heavy atom. The maximum Gasteiger partial charge on any atom is 0.237 e. The molecule has 0 aliphatic heterocycles. The molecule has 0 saturated heterocycles. The number of carbonyl (C=O) groups is 1. The van der Waals surface area contributed by atoms with E-state index in [0.29, 0.717) is 10.2 Å². The zero-order valence-corrected chi connectivity index (χ0v) is 16.0. The summed E-state index contributed by atoms with van der Waals surface area (Å²) in [6.45, 7) is 1.81. The summed E-state index contributed by atoms with van der Waals surface area (Å²) in [7, 11) is 0. The second-order valence-corrected chi connectivity index (χ2v) is 8.50. The highest BCUT2D eigenvalue weighted by atomic mass is 79.9. The van der Waals surface area contributed by atoms with E-state index in [9.17, 15) is 9.18 Å². The van der Waals surface area contributed by atoms with E-state index < -0.39 is 5.82 Å². The minimum atomic E-state index is -0.457. The van der Waals surface area contributed by atoms with Gasteiger partial charge in [-0.05, 0) is 37.3 Å². The summed E-state index contributed by atoms with van der Waals surface area (Å²) in [5.74, 6) is -0.0278. The Morgan fingerprint density at radius 1 is 1.38 bits per heavy atom. The van der Waals surface area contributed by atoms with E-state index in [0.717, 1.165) is 15.2 Å². The summed E-state index contributed by atoms with van der Waals surface area (Å²) in [5.41, 5.74) is 1.17. The van der Waals surface area contributed by atoms with Crippen molar-refractivity contribution in [3.63, 3.8) is 0 Å². The maximum atomic E-state index is 13.8. The molecule has 3 nitrogen and oxygen atoms in total. The van der Waals surface area contributed by atoms with Crippen molar-refractivity contribution in [1.82, 2.24) is 4.98 Å². The number of benzene rings is 2. The average molecular weight is 425 g/mol. The van der Waals surface area contributed by atoms with Crippen LogP contribution in [0.4, 0.5) is 10.1 Å². The number of rotatable bonds is 5. The van der Waals surface area contributed by atoms with Gasteiger partial charge in [-0.2, -0.15) is 0 Å². The van der Waals surface area contributed by atoms with Gasteiger partial charge in [-0.15, -0.1) is 23.1 Å². The number of carbonyl (C=O) groups excluding carboxylic acids is 1. The SMILES string of the molecule is CC(SCc1nc2ccccc2s1)C(=O)Nc1ccc(Br)cc1F. The van der Waals surface area contributed by atoms with Gasteiger partial charge in [0.2, 0.25) is 5.91 Å². The highest BCUT2D eigenvalue weighted by molar-refractivity contribution is 9.10. The molecular weight excluding hydrogens is 411 g/mol. The maximum absolute atomic E-state index is 13.8. The predicted molar refractivity (Wildman–Crippen MR) is 103 cm³/mol. The summed E-state index contributed by atoms with van der Waals surface area (Å²) in [6, 6.07) is 12.5. The predicted octanol–water partition coefficient (Wildman–Crippen LogP) is 5.46. The number of fused-ring (bicyclic) bond motifs is 1. The highest BCUT2D eigenvalue weighted by Crippen LogP contribution is 2.27. The molecule has 0 saturated carbocycles. The van der Waals surface area contributed by atoms with Crippen LogP contribution in [-0.4, -0.2) is 16.1 Å². The minimum Gasteiger partial charge on any atom is -0.323 e. The third kappa shape index (κ3) is 4.15. The molecule has 1 aromatic heterocycles. The van der Waals surface area contributed by atoms with Crippen molar-refractivity contribution < 1.29 is 9.18 Å². The fourth-order valence-electron chi connectivity index (χ4n) is 2.08. The summed E-state index contributed by atoms with van der Waals surface area (Å²) < 4.78 is 15.6. The summed E-state index contributed by atoms with van der Waals surface area (Å²) in [5, 5.41) is 3.30. The van der Waals surface area contributed by atoms with Gasteiger partial charge in [0.25, 0.3) is 0 Å². The standard InChI is InChI=1S/C17H14BrFN2OS2/c1-10(17(22)21-13-7-6-11(18)8-12(13)19)23-9-16-20-14-4-2-3-5-15(14)24-16/h2-8,10H,9H2,1H3,(H,21,22). The van der Waals surface area contributed by atoms with Crippen molar-refractivity contribution in [2.45, 2.75) is 17.9 Å². The molecular formula is C17H14BrFN2OS2. The fourth-order valence-corrected chi connectivity index (χ4v) is 4.28. The Kier molecular flexibility index (Phi) is 5.53. The average Bonchev–Trinajstić information content (AvgIpc) is 2.98. The molecule has 0 radical (unpaired) electrons. The summed E-state index contributed by atoms with van der Waals surface area (Å²) in [6.07, 6.45) is 0. The van der Waals surface area contributed by atoms with Gasteiger partial charge in [0.15, 0.2) is 0 Å². The Hall–Kier alpha value is -1.44. The molecule has 124 valence electrons. The Labute approximate surface area is 155 Å².